The Morgan fingerprint density at radius 2 is 2.05 bits per heavy atom. The monoisotopic (exact) mass is 310 g/mol. The van der Waals surface area contributed by atoms with Crippen molar-refractivity contribution in [3.05, 3.63) is 34.6 Å². The van der Waals surface area contributed by atoms with Crippen molar-refractivity contribution in [3.8, 4) is 0 Å². The van der Waals surface area contributed by atoms with Crippen LogP contribution < -0.4 is 5.32 Å². The van der Waals surface area contributed by atoms with Crippen molar-refractivity contribution in [2.24, 2.45) is 5.41 Å². The minimum absolute atomic E-state index is 0.0428. The molecule has 2 heterocycles. The van der Waals surface area contributed by atoms with Crippen LogP contribution in [-0.4, -0.2) is 29.8 Å². The lowest BCUT2D eigenvalue weighted by atomic mass is 9.75. The summed E-state index contributed by atoms with van der Waals surface area (Å²) in [5, 5.41) is 2.73. The second kappa shape index (κ2) is 4.44. The number of carbonyl (C=O) groups is 2. The van der Waals surface area contributed by atoms with E-state index in [4.69, 9.17) is 11.6 Å². The van der Waals surface area contributed by atoms with Crippen molar-refractivity contribution in [1.82, 2.24) is 10.2 Å². The van der Waals surface area contributed by atoms with Crippen molar-refractivity contribution in [3.63, 3.8) is 0 Å². The van der Waals surface area contributed by atoms with Gasteiger partial charge in [-0.05, 0) is 31.5 Å². The van der Waals surface area contributed by atoms with Crippen LogP contribution in [0.4, 0.5) is 4.39 Å². The summed E-state index contributed by atoms with van der Waals surface area (Å²) in [5.41, 5.74) is -0.961. The zero-order chi connectivity index (χ0) is 15.4. The Labute approximate surface area is 127 Å². The standard InChI is InChI=1S/C15H16ClFN2O2/c1-14(2)8-19(13(14)21)15(5-6-18-12(15)20)9-3-4-11(17)10(16)7-9/h3-4,7H,5-6,8H2,1-2H3,(H,18,20). The summed E-state index contributed by atoms with van der Waals surface area (Å²) in [6.45, 7) is 4.68. The first kappa shape index (κ1) is 14.3. The Kier molecular flexibility index (Phi) is 3.03. The number of benzene rings is 1. The number of amides is 2. The smallest absolute Gasteiger partial charge is 0.250 e. The molecule has 2 saturated heterocycles. The van der Waals surface area contributed by atoms with Crippen LogP contribution in [0.15, 0.2) is 18.2 Å². The van der Waals surface area contributed by atoms with Crippen LogP contribution >= 0.6 is 11.6 Å². The lowest BCUT2D eigenvalue weighted by molar-refractivity contribution is -0.172. The molecule has 0 bridgehead atoms. The number of likely N-dealkylation sites (tertiary alicyclic amines) is 1. The lowest BCUT2D eigenvalue weighted by Crippen LogP contribution is -2.68. The van der Waals surface area contributed by atoms with Gasteiger partial charge in [-0.3, -0.25) is 9.59 Å². The normalized spacial score (nSPS) is 27.5. The van der Waals surface area contributed by atoms with E-state index in [1.165, 1.54) is 18.2 Å². The Balaban J connectivity index is 2.09. The maximum Gasteiger partial charge on any atom is 0.250 e. The topological polar surface area (TPSA) is 49.4 Å². The molecule has 0 aliphatic carbocycles. The van der Waals surface area contributed by atoms with E-state index in [2.05, 4.69) is 5.32 Å². The maximum absolute atomic E-state index is 13.4. The number of nitrogens with one attached hydrogen (secondary N) is 1. The van der Waals surface area contributed by atoms with Crippen molar-refractivity contribution >= 4 is 23.4 Å². The molecule has 6 heteroatoms. The molecule has 2 fully saturated rings. The molecule has 1 atom stereocenters. The molecule has 21 heavy (non-hydrogen) atoms. The molecule has 0 saturated carbocycles. The Bertz CT molecular complexity index is 647. The molecule has 1 aromatic rings. The highest BCUT2D eigenvalue weighted by Crippen LogP contribution is 2.45. The quantitative estimate of drug-likeness (QED) is 0.850. The van der Waals surface area contributed by atoms with Crippen molar-refractivity contribution in [1.29, 1.82) is 0 Å². The largest absolute Gasteiger partial charge is 0.354 e. The fourth-order valence-corrected chi connectivity index (χ4v) is 3.36. The third-order valence-electron chi connectivity index (χ3n) is 4.38. The molecule has 112 valence electrons. The first-order valence-corrected chi connectivity index (χ1v) is 7.23. The molecule has 1 N–H and O–H groups in total. The number of hydrogen-bond donors (Lipinski definition) is 1. The van der Waals surface area contributed by atoms with E-state index in [0.717, 1.165) is 0 Å². The van der Waals surface area contributed by atoms with E-state index in [1.807, 2.05) is 13.8 Å². The fourth-order valence-electron chi connectivity index (χ4n) is 3.18. The Hall–Kier alpha value is -1.62. The minimum atomic E-state index is -1.07. The van der Waals surface area contributed by atoms with Gasteiger partial charge in [0.25, 0.3) is 5.91 Å². The zero-order valence-electron chi connectivity index (χ0n) is 11.9. The second-order valence-electron chi connectivity index (χ2n) is 6.27. The van der Waals surface area contributed by atoms with Crippen LogP contribution in [0.3, 0.4) is 0 Å². The number of rotatable bonds is 2. The van der Waals surface area contributed by atoms with E-state index in [1.54, 1.807) is 4.90 Å². The number of halogens is 2. The molecule has 0 spiro atoms. The van der Waals surface area contributed by atoms with Crippen LogP contribution in [0.1, 0.15) is 25.8 Å². The van der Waals surface area contributed by atoms with Crippen LogP contribution in [0.2, 0.25) is 5.02 Å². The third-order valence-corrected chi connectivity index (χ3v) is 4.67. The van der Waals surface area contributed by atoms with E-state index in [0.29, 0.717) is 25.1 Å². The summed E-state index contributed by atoms with van der Waals surface area (Å²) in [7, 11) is 0. The molecular formula is C15H16ClFN2O2. The van der Waals surface area contributed by atoms with Gasteiger partial charge in [0.1, 0.15) is 11.4 Å². The lowest BCUT2D eigenvalue weighted by Gasteiger charge is -2.52. The number of carbonyl (C=O) groups excluding carboxylic acids is 2. The summed E-state index contributed by atoms with van der Waals surface area (Å²) >= 11 is 5.85. The molecule has 0 aromatic heterocycles. The summed E-state index contributed by atoms with van der Waals surface area (Å²) in [5.74, 6) is -0.835. The summed E-state index contributed by atoms with van der Waals surface area (Å²) in [6, 6.07) is 4.21. The molecule has 1 unspecified atom stereocenters. The number of β-lactam (4-membered cyclic amide) rings is 1. The van der Waals surface area contributed by atoms with Gasteiger partial charge < -0.3 is 10.2 Å². The van der Waals surface area contributed by atoms with Gasteiger partial charge in [-0.2, -0.15) is 0 Å². The van der Waals surface area contributed by atoms with Gasteiger partial charge in [0.15, 0.2) is 0 Å². The average Bonchev–Trinajstić information content (AvgIpc) is 2.81. The highest BCUT2D eigenvalue weighted by Gasteiger charge is 2.59. The second-order valence-corrected chi connectivity index (χ2v) is 6.68. The van der Waals surface area contributed by atoms with Gasteiger partial charge in [0.05, 0.1) is 10.4 Å². The Morgan fingerprint density at radius 3 is 2.52 bits per heavy atom. The molecule has 0 radical (unpaired) electrons. The van der Waals surface area contributed by atoms with Gasteiger partial charge in [-0.15, -0.1) is 0 Å². The summed E-state index contributed by atoms with van der Waals surface area (Å²) in [4.78, 5) is 26.4. The zero-order valence-corrected chi connectivity index (χ0v) is 12.6. The van der Waals surface area contributed by atoms with Crippen molar-refractivity contribution in [2.45, 2.75) is 25.8 Å². The molecule has 2 aliphatic heterocycles. The maximum atomic E-state index is 13.4. The highest BCUT2D eigenvalue weighted by molar-refractivity contribution is 6.30. The van der Waals surface area contributed by atoms with E-state index >= 15 is 0 Å². The minimum Gasteiger partial charge on any atom is -0.354 e. The van der Waals surface area contributed by atoms with Crippen LogP contribution in [0.5, 0.6) is 0 Å². The van der Waals surface area contributed by atoms with Gasteiger partial charge in [0, 0.05) is 19.5 Å². The van der Waals surface area contributed by atoms with Gasteiger partial charge in [-0.25, -0.2) is 4.39 Å². The van der Waals surface area contributed by atoms with E-state index < -0.39 is 16.8 Å². The first-order chi connectivity index (χ1) is 9.79. The molecule has 3 rings (SSSR count). The summed E-state index contributed by atoms with van der Waals surface area (Å²) < 4.78 is 13.4. The van der Waals surface area contributed by atoms with Crippen LogP contribution in [0, 0.1) is 11.2 Å². The van der Waals surface area contributed by atoms with Crippen molar-refractivity contribution < 1.29 is 14.0 Å². The first-order valence-electron chi connectivity index (χ1n) is 6.85. The SMILES string of the molecule is CC1(C)CN(C2(c3ccc(F)c(Cl)c3)CCNC2=O)C1=O. The molecule has 4 nitrogen and oxygen atoms in total. The van der Waals surface area contributed by atoms with Crippen LogP contribution in [-0.2, 0) is 15.1 Å². The number of nitrogens with zero attached hydrogens (tertiary/aromatic N) is 1. The Morgan fingerprint density at radius 1 is 1.33 bits per heavy atom. The van der Waals surface area contributed by atoms with E-state index in [-0.39, 0.29) is 16.8 Å². The third kappa shape index (κ3) is 1.87. The van der Waals surface area contributed by atoms with Gasteiger partial charge in [0.2, 0.25) is 5.91 Å². The van der Waals surface area contributed by atoms with Gasteiger partial charge >= 0.3 is 0 Å². The van der Waals surface area contributed by atoms with Gasteiger partial charge in [-0.1, -0.05) is 17.7 Å². The molecule has 2 amide bonds. The molecular weight excluding hydrogens is 295 g/mol. The molecule has 1 aromatic carbocycles. The highest BCUT2D eigenvalue weighted by atomic mass is 35.5. The molecule has 2 aliphatic rings. The summed E-state index contributed by atoms with van der Waals surface area (Å²) in [6.07, 6.45) is 0.468. The average molecular weight is 311 g/mol. The fraction of sp³-hybridized carbons (Fsp3) is 0.467. The van der Waals surface area contributed by atoms with E-state index in [9.17, 15) is 14.0 Å². The number of hydrogen-bond acceptors (Lipinski definition) is 2. The van der Waals surface area contributed by atoms with Crippen LogP contribution in [0.25, 0.3) is 0 Å². The predicted molar refractivity (Wildman–Crippen MR) is 76.2 cm³/mol. The predicted octanol–water partition coefficient (Wildman–Crippen LogP) is 2.06. The van der Waals surface area contributed by atoms with Crippen molar-refractivity contribution in [2.75, 3.05) is 13.1 Å².